The molecule has 1 aliphatic rings. The molecule has 10 heteroatoms. The zero-order chi connectivity index (χ0) is 21.7. The molecule has 0 saturated carbocycles. The van der Waals surface area contributed by atoms with Gasteiger partial charge in [-0.2, -0.15) is 10.2 Å². The number of benzene rings is 2. The van der Waals surface area contributed by atoms with E-state index in [2.05, 4.69) is 30.9 Å². The molecule has 8 nitrogen and oxygen atoms in total. The van der Waals surface area contributed by atoms with Crippen LogP contribution in [0.25, 0.3) is 10.8 Å². The van der Waals surface area contributed by atoms with Crippen LogP contribution in [0.4, 0.5) is 14.5 Å². The summed E-state index contributed by atoms with van der Waals surface area (Å²) < 4.78 is 30.2. The van der Waals surface area contributed by atoms with Crippen LogP contribution in [-0.4, -0.2) is 32.0 Å². The molecule has 0 radical (unpaired) electrons. The second-order valence-corrected chi connectivity index (χ2v) is 7.54. The Morgan fingerprint density at radius 3 is 2.81 bits per heavy atom. The van der Waals surface area contributed by atoms with Crippen LogP contribution in [0.2, 0.25) is 0 Å². The van der Waals surface area contributed by atoms with Gasteiger partial charge >= 0.3 is 0 Å². The summed E-state index contributed by atoms with van der Waals surface area (Å²) in [5, 5.41) is 18.0. The number of hydrogen-bond donors (Lipinski definition) is 3. The van der Waals surface area contributed by atoms with Crippen molar-refractivity contribution in [2.75, 3.05) is 12.4 Å². The molecule has 2 aromatic carbocycles. The largest absolute Gasteiger partial charge is 0.376 e. The Morgan fingerprint density at radius 1 is 1.23 bits per heavy atom. The van der Waals surface area contributed by atoms with Gasteiger partial charge in [0.2, 0.25) is 0 Å². The summed E-state index contributed by atoms with van der Waals surface area (Å²) in [5.41, 5.74) is 1.80. The van der Waals surface area contributed by atoms with Crippen molar-refractivity contribution >= 4 is 16.5 Å². The van der Waals surface area contributed by atoms with Crippen molar-refractivity contribution in [3.63, 3.8) is 0 Å². The first-order valence-corrected chi connectivity index (χ1v) is 9.73. The van der Waals surface area contributed by atoms with Crippen LogP contribution in [0.1, 0.15) is 34.6 Å². The molecule has 2 unspecified atom stereocenters. The van der Waals surface area contributed by atoms with E-state index in [0.717, 1.165) is 5.56 Å². The van der Waals surface area contributed by atoms with E-state index in [1.165, 1.54) is 24.5 Å². The van der Waals surface area contributed by atoms with Crippen LogP contribution in [0.3, 0.4) is 0 Å². The number of aromatic amines is 1. The van der Waals surface area contributed by atoms with Crippen LogP contribution in [0.15, 0.2) is 41.5 Å². The number of nitrogens with one attached hydrogen (secondary N) is 3. The fourth-order valence-corrected chi connectivity index (χ4v) is 4.28. The third-order valence-corrected chi connectivity index (χ3v) is 5.64. The highest BCUT2D eigenvalue weighted by Crippen LogP contribution is 2.46. The Balaban J connectivity index is 1.78. The molecule has 0 spiro atoms. The fourth-order valence-electron chi connectivity index (χ4n) is 4.28. The summed E-state index contributed by atoms with van der Waals surface area (Å²) in [5.74, 6) is -0.714. The van der Waals surface area contributed by atoms with Crippen molar-refractivity contribution in [1.29, 1.82) is 0 Å². The van der Waals surface area contributed by atoms with Gasteiger partial charge in [-0.25, -0.2) is 18.9 Å². The molecule has 0 bridgehead atoms. The standard InChI is InChI=1S/C21H19F2N7O/c1-24-8-11-5-10(3-4-14(11)23)18-17(20-25-9-26-30(20)2)19-16-13(21(31)29-28-19)6-12(22)7-15(16)27-18/h3-7,9,17-18,24,27H,8H2,1-2H3,(H,29,31). The zero-order valence-electron chi connectivity index (χ0n) is 16.8. The SMILES string of the molecule is CNCc1cc(C2Nc3cc(F)cc4c(=O)[nH]nc(c34)C2c2ncnn2C)ccc1F. The van der Waals surface area contributed by atoms with E-state index in [4.69, 9.17) is 0 Å². The van der Waals surface area contributed by atoms with E-state index in [-0.39, 0.29) is 11.2 Å². The van der Waals surface area contributed by atoms with Crippen molar-refractivity contribution < 1.29 is 8.78 Å². The van der Waals surface area contributed by atoms with Crippen molar-refractivity contribution in [2.24, 2.45) is 7.05 Å². The predicted molar refractivity (Wildman–Crippen MR) is 111 cm³/mol. The number of nitrogens with zero attached hydrogens (tertiary/aromatic N) is 4. The molecule has 0 aliphatic carbocycles. The summed E-state index contributed by atoms with van der Waals surface area (Å²) in [6.07, 6.45) is 1.44. The van der Waals surface area contributed by atoms with Gasteiger partial charge in [-0.1, -0.05) is 6.07 Å². The lowest BCUT2D eigenvalue weighted by atomic mass is 9.83. The summed E-state index contributed by atoms with van der Waals surface area (Å²) in [7, 11) is 3.51. The van der Waals surface area contributed by atoms with Crippen LogP contribution < -0.4 is 16.2 Å². The molecule has 3 N–H and O–H groups in total. The number of H-pyrrole nitrogens is 1. The lowest BCUT2D eigenvalue weighted by molar-refractivity contribution is 0.559. The molecule has 31 heavy (non-hydrogen) atoms. The van der Waals surface area contributed by atoms with E-state index in [1.807, 2.05) is 0 Å². The lowest BCUT2D eigenvalue weighted by Gasteiger charge is -2.34. The summed E-state index contributed by atoms with van der Waals surface area (Å²) in [4.78, 5) is 16.8. The maximum atomic E-state index is 14.3. The molecule has 158 valence electrons. The Morgan fingerprint density at radius 2 is 2.06 bits per heavy atom. The molecular weight excluding hydrogens is 404 g/mol. The first-order valence-electron chi connectivity index (χ1n) is 9.73. The van der Waals surface area contributed by atoms with Crippen molar-refractivity contribution in [3.8, 4) is 0 Å². The van der Waals surface area contributed by atoms with Gasteiger partial charge in [-0.15, -0.1) is 0 Å². The van der Waals surface area contributed by atoms with Crippen molar-refractivity contribution in [1.82, 2.24) is 30.3 Å². The fraction of sp³-hybridized carbons (Fsp3) is 0.238. The Hall–Kier alpha value is -3.66. The molecule has 5 rings (SSSR count). The van der Waals surface area contributed by atoms with Gasteiger partial charge in [0.15, 0.2) is 0 Å². The number of halogens is 2. The van der Waals surface area contributed by atoms with Crippen LogP contribution >= 0.6 is 0 Å². The van der Waals surface area contributed by atoms with Gasteiger partial charge in [-0.05, 0) is 36.9 Å². The Kier molecular flexibility index (Phi) is 4.51. The Bertz CT molecular complexity index is 1360. The third kappa shape index (κ3) is 3.07. The van der Waals surface area contributed by atoms with E-state index in [0.29, 0.717) is 34.7 Å². The number of anilines is 1. The first-order chi connectivity index (χ1) is 15.0. The topological polar surface area (TPSA) is 101 Å². The lowest BCUT2D eigenvalue weighted by Crippen LogP contribution is -2.30. The number of rotatable bonds is 4. The zero-order valence-corrected chi connectivity index (χ0v) is 16.8. The normalized spacial score (nSPS) is 17.7. The monoisotopic (exact) mass is 423 g/mol. The van der Waals surface area contributed by atoms with Crippen LogP contribution in [0.5, 0.6) is 0 Å². The highest BCUT2D eigenvalue weighted by atomic mass is 19.1. The van der Waals surface area contributed by atoms with Gasteiger partial charge in [0, 0.05) is 30.2 Å². The third-order valence-electron chi connectivity index (χ3n) is 5.64. The summed E-state index contributed by atoms with van der Waals surface area (Å²) in [6.45, 7) is 0.355. The predicted octanol–water partition coefficient (Wildman–Crippen LogP) is 2.35. The van der Waals surface area contributed by atoms with Gasteiger partial charge in [0.05, 0.1) is 23.0 Å². The quantitative estimate of drug-likeness (QED) is 0.466. The molecule has 0 saturated heterocycles. The molecule has 0 amide bonds. The highest BCUT2D eigenvalue weighted by Gasteiger charge is 2.38. The van der Waals surface area contributed by atoms with Crippen molar-refractivity contribution in [3.05, 3.63) is 81.3 Å². The Labute approximate surface area is 175 Å². The average molecular weight is 423 g/mol. The van der Waals surface area contributed by atoms with Crippen LogP contribution in [-0.2, 0) is 13.6 Å². The molecule has 2 atom stereocenters. The average Bonchev–Trinajstić information content (AvgIpc) is 3.17. The van der Waals surface area contributed by atoms with Gasteiger partial charge in [0.25, 0.3) is 5.56 Å². The van der Waals surface area contributed by atoms with Gasteiger partial charge in [-0.3, -0.25) is 9.48 Å². The van der Waals surface area contributed by atoms with Gasteiger partial charge < -0.3 is 10.6 Å². The minimum Gasteiger partial charge on any atom is -0.376 e. The molecule has 4 aromatic rings. The number of aryl methyl sites for hydroxylation is 1. The molecular formula is C21H19F2N7O. The summed E-state index contributed by atoms with van der Waals surface area (Å²) in [6, 6.07) is 6.94. The second-order valence-electron chi connectivity index (χ2n) is 7.54. The molecule has 1 aliphatic heterocycles. The van der Waals surface area contributed by atoms with E-state index < -0.39 is 23.3 Å². The van der Waals surface area contributed by atoms with Gasteiger partial charge in [0.1, 0.15) is 23.8 Å². The van der Waals surface area contributed by atoms with Crippen molar-refractivity contribution in [2.45, 2.75) is 18.5 Å². The minimum absolute atomic E-state index is 0.202. The minimum atomic E-state index is -0.538. The summed E-state index contributed by atoms with van der Waals surface area (Å²) >= 11 is 0. The highest BCUT2D eigenvalue weighted by molar-refractivity contribution is 5.97. The van der Waals surface area contributed by atoms with Crippen LogP contribution in [0, 0.1) is 11.6 Å². The maximum Gasteiger partial charge on any atom is 0.272 e. The second kappa shape index (κ2) is 7.24. The number of aromatic nitrogens is 5. The maximum absolute atomic E-state index is 14.3. The van der Waals surface area contributed by atoms with E-state index in [1.54, 1.807) is 30.9 Å². The first kappa shape index (κ1) is 19.3. The van der Waals surface area contributed by atoms with E-state index in [9.17, 15) is 13.6 Å². The molecule has 0 fully saturated rings. The van der Waals surface area contributed by atoms with E-state index >= 15 is 0 Å². The molecule has 2 aromatic heterocycles. The molecule has 3 heterocycles. The smallest absolute Gasteiger partial charge is 0.272 e. The number of hydrogen-bond acceptors (Lipinski definition) is 6.